The van der Waals surface area contributed by atoms with Gasteiger partial charge in [0.2, 0.25) is 29.5 Å². The van der Waals surface area contributed by atoms with Gasteiger partial charge in [-0.05, 0) is 69.2 Å². The lowest BCUT2D eigenvalue weighted by molar-refractivity contribution is -0.160. The van der Waals surface area contributed by atoms with Crippen molar-refractivity contribution in [3.8, 4) is 0 Å². The first kappa shape index (κ1) is 46.3. The molecule has 0 radical (unpaired) electrons. The molecule has 2 aliphatic heterocycles. The monoisotopic (exact) mass is 820 g/mol. The van der Waals surface area contributed by atoms with Crippen molar-refractivity contribution in [1.29, 1.82) is 0 Å². The Balaban J connectivity index is 1.46. The molecule has 8 N–H and O–H groups in total. The number of carbonyl (C=O) groups excluding carboxylic acids is 5. The van der Waals surface area contributed by atoms with E-state index in [0.29, 0.717) is 38.9 Å². The van der Waals surface area contributed by atoms with Gasteiger partial charge in [-0.1, -0.05) is 74.5 Å². The number of amides is 5. The highest BCUT2D eigenvalue weighted by Gasteiger charge is 2.49. The average Bonchev–Trinajstić information content (AvgIpc) is 3.18. The fourth-order valence-corrected chi connectivity index (χ4v) is 7.67. The molecule has 4 rings (SSSR count). The summed E-state index contributed by atoms with van der Waals surface area (Å²) in [6, 6.07) is 14.1. The zero-order valence-electron chi connectivity index (χ0n) is 34.2. The second-order valence-electron chi connectivity index (χ2n) is 15.9. The third kappa shape index (κ3) is 14.4. The molecule has 6 unspecified atom stereocenters. The van der Waals surface area contributed by atoms with Gasteiger partial charge in [0.05, 0.1) is 12.6 Å². The highest BCUT2D eigenvalue weighted by atomic mass is 16.4. The van der Waals surface area contributed by atoms with Gasteiger partial charge in [0.1, 0.15) is 31.2 Å². The van der Waals surface area contributed by atoms with Crippen molar-refractivity contribution in [3.05, 3.63) is 71.8 Å². The molecule has 2 fully saturated rings. The quantitative estimate of drug-likeness (QED) is 0.0691. The molecule has 2 aromatic rings. The Morgan fingerprint density at radius 3 is 1.81 bits per heavy atom. The number of hydrogen-bond donors (Lipinski definition) is 7. The topological polar surface area (TPSA) is 244 Å². The first-order chi connectivity index (χ1) is 28.1. The molecule has 0 aliphatic carbocycles. The second kappa shape index (κ2) is 22.7. The van der Waals surface area contributed by atoms with Crippen LogP contribution >= 0.6 is 0 Å². The first-order valence-corrected chi connectivity index (χ1v) is 20.3. The molecule has 17 nitrogen and oxygen atoms in total. The molecule has 6 atom stereocenters. The van der Waals surface area contributed by atoms with Gasteiger partial charge in [-0.15, -0.1) is 0 Å². The Kier molecular flexibility index (Phi) is 17.8. The van der Waals surface area contributed by atoms with Gasteiger partial charge in [-0.2, -0.15) is 0 Å². The third-order valence-corrected chi connectivity index (χ3v) is 10.6. The molecule has 2 heterocycles. The predicted molar refractivity (Wildman–Crippen MR) is 219 cm³/mol. The maximum absolute atomic E-state index is 14.2. The molecule has 0 saturated carbocycles. The number of nitrogens with one attached hydrogen (secondary N) is 4. The summed E-state index contributed by atoms with van der Waals surface area (Å²) in [6.07, 6.45) is 3.08. The number of nitrogens with two attached hydrogens (primary N) is 1. The van der Waals surface area contributed by atoms with Crippen LogP contribution in [0.1, 0.15) is 57.1 Å². The van der Waals surface area contributed by atoms with E-state index < -0.39 is 72.8 Å². The molecule has 322 valence electrons. The molecule has 17 heteroatoms. The molecule has 59 heavy (non-hydrogen) atoms. The van der Waals surface area contributed by atoms with E-state index in [0.717, 1.165) is 22.4 Å². The highest BCUT2D eigenvalue weighted by molar-refractivity contribution is 5.95. The van der Waals surface area contributed by atoms with Crippen LogP contribution in [0.2, 0.25) is 0 Å². The van der Waals surface area contributed by atoms with E-state index in [4.69, 9.17) is 5.73 Å². The van der Waals surface area contributed by atoms with Crippen molar-refractivity contribution < 1.29 is 43.8 Å². The fraction of sp³-hybridized carbons (Fsp3) is 0.548. The minimum absolute atomic E-state index is 0.0253. The molecule has 2 aromatic carbocycles. The van der Waals surface area contributed by atoms with E-state index in [2.05, 4.69) is 21.3 Å². The van der Waals surface area contributed by atoms with Crippen LogP contribution in [0.15, 0.2) is 60.7 Å². The van der Waals surface area contributed by atoms with Crippen molar-refractivity contribution in [3.63, 3.8) is 0 Å². The number of unbranched alkanes of at least 4 members (excludes halogenated alkanes) is 1. The number of rotatable bonds is 24. The van der Waals surface area contributed by atoms with Crippen LogP contribution < -0.4 is 27.0 Å². The van der Waals surface area contributed by atoms with Gasteiger partial charge in [-0.3, -0.25) is 38.5 Å². The van der Waals surface area contributed by atoms with Crippen molar-refractivity contribution in [1.82, 2.24) is 36.0 Å². The lowest BCUT2D eigenvalue weighted by Crippen LogP contribution is -2.73. The van der Waals surface area contributed by atoms with Gasteiger partial charge in [-0.25, -0.2) is 0 Å². The number of nitrogens with zero attached hydrogens (tertiary/aromatic N) is 3. The first-order valence-electron chi connectivity index (χ1n) is 20.3. The molecule has 2 aliphatic rings. The summed E-state index contributed by atoms with van der Waals surface area (Å²) in [6.45, 7) is 3.50. The zero-order valence-corrected chi connectivity index (χ0v) is 34.2. The lowest BCUT2D eigenvalue weighted by atomic mass is 9.86. The van der Waals surface area contributed by atoms with Crippen molar-refractivity contribution >= 4 is 41.5 Å². The predicted octanol–water partition coefficient (Wildman–Crippen LogP) is -0.0278. The molecule has 2 saturated heterocycles. The number of carboxylic acid groups (broad SMARTS) is 2. The number of fused-ring (bicyclic) bond motifs is 2. The van der Waals surface area contributed by atoms with E-state index in [-0.39, 0.29) is 49.7 Å². The number of hydrogen-bond acceptors (Lipinski definition) is 10. The number of carboxylic acids is 2. The molecular weight excluding hydrogens is 761 g/mol. The lowest BCUT2D eigenvalue weighted by Gasteiger charge is -2.57. The molecule has 0 aromatic heterocycles. The minimum atomic E-state index is -1.33. The summed E-state index contributed by atoms with van der Waals surface area (Å²) in [5.41, 5.74) is 7.95. The fourth-order valence-electron chi connectivity index (χ4n) is 7.67. The number of piperazine rings is 1. The van der Waals surface area contributed by atoms with Crippen LogP contribution in [-0.4, -0.2) is 149 Å². The minimum Gasteiger partial charge on any atom is -0.480 e. The number of aliphatic carboxylic acids is 2. The van der Waals surface area contributed by atoms with Crippen molar-refractivity contribution in [2.24, 2.45) is 11.7 Å². The van der Waals surface area contributed by atoms with Crippen LogP contribution in [0.3, 0.4) is 0 Å². The molecule has 2 bridgehead atoms. The second-order valence-corrected chi connectivity index (χ2v) is 15.9. The van der Waals surface area contributed by atoms with Gasteiger partial charge >= 0.3 is 11.9 Å². The Bertz CT molecular complexity index is 1720. The van der Waals surface area contributed by atoms with Crippen LogP contribution in [0.25, 0.3) is 0 Å². The summed E-state index contributed by atoms with van der Waals surface area (Å²) in [4.78, 5) is 95.5. The maximum atomic E-state index is 14.2. The Labute approximate surface area is 345 Å². The third-order valence-electron chi connectivity index (χ3n) is 10.6. The molecular formula is C42H60N8O9. The smallest absolute Gasteiger partial charge is 0.323 e. The van der Waals surface area contributed by atoms with E-state index in [1.54, 1.807) is 9.80 Å². The number of piperidine rings is 1. The Hall–Kier alpha value is -5.39. The van der Waals surface area contributed by atoms with Crippen LogP contribution in [-0.2, 0) is 46.4 Å². The Morgan fingerprint density at radius 2 is 1.27 bits per heavy atom. The van der Waals surface area contributed by atoms with Gasteiger partial charge in [0.15, 0.2) is 0 Å². The van der Waals surface area contributed by atoms with E-state index in [1.807, 2.05) is 81.6 Å². The van der Waals surface area contributed by atoms with Crippen molar-refractivity contribution in [2.45, 2.75) is 95.0 Å². The molecule has 5 amide bonds. The van der Waals surface area contributed by atoms with Gasteiger partial charge in [0, 0.05) is 31.6 Å². The largest absolute Gasteiger partial charge is 0.480 e. The van der Waals surface area contributed by atoms with Gasteiger partial charge in [0.25, 0.3) is 0 Å². The highest BCUT2D eigenvalue weighted by Crippen LogP contribution is 2.33. The number of carbonyl (C=O) groups is 7. The summed E-state index contributed by atoms with van der Waals surface area (Å²) in [5, 5.41) is 30.1. The maximum Gasteiger partial charge on any atom is 0.323 e. The summed E-state index contributed by atoms with van der Waals surface area (Å²) in [7, 11) is 1.83. The van der Waals surface area contributed by atoms with E-state index >= 15 is 0 Å². The Morgan fingerprint density at radius 1 is 0.746 bits per heavy atom. The SMILES string of the molecule is CNCCCCC(NC(=O)C(CC(C)C)NC(=O)C(Cc1ccccc1)NC(=O)C(N)Cc1ccccc1)C(=O)N1C2CC1CN(CC(=O)N(CC(=O)O)CC(=O)O)C2. The standard InChI is InChI=1S/C42H60N8O9/c1-27(2)18-34(47-41(58)35(20-29-14-8-5-9-15-29)46-39(56)32(43)19-28-12-6-4-7-13-28)40(57)45-33(16-10-11-17-44-3)42(59)50-30-21-31(50)23-48(22-30)24-36(51)49(25-37(52)53)26-38(54)55/h4-9,12-15,27,30-35,44H,10-11,16-26,43H2,1-3H3,(H,45,57)(H,46,56)(H,47,58)(H,52,53)(H,54,55). The van der Waals surface area contributed by atoms with E-state index in [1.165, 1.54) is 0 Å². The van der Waals surface area contributed by atoms with Gasteiger partial charge < -0.3 is 47.0 Å². The van der Waals surface area contributed by atoms with E-state index in [9.17, 15) is 43.8 Å². The summed E-state index contributed by atoms with van der Waals surface area (Å²) in [5.74, 6) is -5.19. The average molecular weight is 821 g/mol. The zero-order chi connectivity index (χ0) is 43.1. The summed E-state index contributed by atoms with van der Waals surface area (Å²) < 4.78 is 0. The van der Waals surface area contributed by atoms with Crippen LogP contribution in [0.5, 0.6) is 0 Å². The number of benzene rings is 2. The van der Waals surface area contributed by atoms with Crippen LogP contribution in [0, 0.1) is 5.92 Å². The van der Waals surface area contributed by atoms with Crippen LogP contribution in [0.4, 0.5) is 0 Å². The molecule has 0 spiro atoms. The number of likely N-dealkylation sites (tertiary alicyclic amines) is 2. The van der Waals surface area contributed by atoms with Crippen molar-refractivity contribution in [2.75, 3.05) is 46.3 Å². The normalized spacial score (nSPS) is 18.1. The summed E-state index contributed by atoms with van der Waals surface area (Å²) >= 11 is 0.